The number of halogens is 2. The van der Waals surface area contributed by atoms with Gasteiger partial charge in [-0.1, -0.05) is 16.4 Å². The Kier molecular flexibility index (Phi) is 2.39. The van der Waals surface area contributed by atoms with Crippen LogP contribution < -0.4 is 4.87 Å². The third-order valence-electron chi connectivity index (χ3n) is 1.56. The van der Waals surface area contributed by atoms with Gasteiger partial charge in [0.05, 0.1) is 5.56 Å². The van der Waals surface area contributed by atoms with E-state index in [9.17, 15) is 13.6 Å². The van der Waals surface area contributed by atoms with Crippen LogP contribution in [0, 0.1) is 11.6 Å². The summed E-state index contributed by atoms with van der Waals surface area (Å²) in [5.41, 5.74) is -0.226. The van der Waals surface area contributed by atoms with Gasteiger partial charge in [-0.3, -0.25) is 4.79 Å². The highest BCUT2D eigenvalue weighted by Crippen LogP contribution is 2.27. The molecule has 2 nitrogen and oxygen atoms in total. The van der Waals surface area contributed by atoms with Crippen molar-refractivity contribution in [1.82, 2.24) is 4.98 Å². The Hall–Kier alpha value is -1.14. The zero-order chi connectivity index (χ0) is 10.1. The normalized spacial score (nSPS) is 10.4. The van der Waals surface area contributed by atoms with Crippen LogP contribution in [0.5, 0.6) is 0 Å². The molecule has 0 saturated carbocycles. The predicted octanol–water partition coefficient (Wildman–Crippen LogP) is 2.51. The largest absolute Gasteiger partial charge is 0.337 e. The van der Waals surface area contributed by atoms with Crippen molar-refractivity contribution >= 4 is 20.7 Å². The monoisotopic (exact) mass is 231 g/mol. The van der Waals surface area contributed by atoms with E-state index in [4.69, 9.17) is 0 Å². The molecule has 0 bridgehead atoms. The predicted molar refractivity (Wildman–Crippen MR) is 51.6 cm³/mol. The molecular weight excluding hydrogens is 228 g/mol. The molecule has 0 aliphatic heterocycles. The highest BCUT2D eigenvalue weighted by atomic mass is 32.9. The van der Waals surface area contributed by atoms with E-state index in [1.54, 1.807) is 0 Å². The van der Waals surface area contributed by atoms with Gasteiger partial charge < -0.3 is 0 Å². The van der Waals surface area contributed by atoms with E-state index in [0.29, 0.717) is 0 Å². The molecule has 0 saturated heterocycles. The summed E-state index contributed by atoms with van der Waals surface area (Å²) in [5.74, 6) is -1.40. The molecule has 0 aliphatic carbocycles. The van der Waals surface area contributed by atoms with E-state index < -0.39 is 16.5 Å². The average molecular weight is 231 g/mol. The third kappa shape index (κ3) is 1.58. The van der Waals surface area contributed by atoms with E-state index in [0.717, 1.165) is 32.8 Å². The third-order valence-corrected chi connectivity index (χ3v) is 3.48. The van der Waals surface area contributed by atoms with E-state index in [1.165, 1.54) is 6.07 Å². The standard InChI is InChI=1S/C8H3F2NOS2/c9-4-2-1-3-5(10)6(4)7-11-8(12)14-13-7/h1-3H. The molecule has 0 unspecified atom stereocenters. The maximum atomic E-state index is 13.2. The summed E-state index contributed by atoms with van der Waals surface area (Å²) < 4.78 is 26.3. The Bertz CT molecular complexity index is 500. The fourth-order valence-electron chi connectivity index (χ4n) is 0.995. The van der Waals surface area contributed by atoms with Gasteiger partial charge in [0.1, 0.15) is 16.6 Å². The fraction of sp³-hybridized carbons (Fsp3) is 0. The molecule has 0 amide bonds. The summed E-state index contributed by atoms with van der Waals surface area (Å²) in [6, 6.07) is 3.53. The van der Waals surface area contributed by atoms with E-state index >= 15 is 0 Å². The Labute approximate surface area is 84.9 Å². The fourth-order valence-corrected chi connectivity index (χ4v) is 2.65. The average Bonchev–Trinajstić information content (AvgIpc) is 2.51. The van der Waals surface area contributed by atoms with Crippen LogP contribution >= 0.6 is 20.7 Å². The lowest BCUT2D eigenvalue weighted by molar-refractivity contribution is 0.589. The van der Waals surface area contributed by atoms with Crippen molar-refractivity contribution in [2.75, 3.05) is 0 Å². The molecular formula is C8H3F2NOS2. The molecule has 6 heteroatoms. The molecule has 2 rings (SSSR count). The molecule has 0 aliphatic rings. The lowest BCUT2D eigenvalue weighted by Crippen LogP contribution is -1.95. The van der Waals surface area contributed by atoms with Gasteiger partial charge in [0.15, 0.2) is 0 Å². The van der Waals surface area contributed by atoms with Gasteiger partial charge in [-0.05, 0) is 22.5 Å². The zero-order valence-electron chi connectivity index (χ0n) is 6.66. The van der Waals surface area contributed by atoms with Gasteiger partial charge in [0, 0.05) is 0 Å². The van der Waals surface area contributed by atoms with Crippen molar-refractivity contribution < 1.29 is 8.78 Å². The second kappa shape index (κ2) is 3.55. The number of rotatable bonds is 1. The van der Waals surface area contributed by atoms with E-state index in [-0.39, 0.29) is 10.6 Å². The molecule has 2 aromatic rings. The van der Waals surface area contributed by atoms with Crippen molar-refractivity contribution in [2.24, 2.45) is 0 Å². The minimum absolute atomic E-state index is 0.0931. The zero-order valence-corrected chi connectivity index (χ0v) is 8.29. The van der Waals surface area contributed by atoms with Crippen molar-refractivity contribution in [3.63, 3.8) is 0 Å². The summed E-state index contributed by atoms with van der Waals surface area (Å²) in [6.07, 6.45) is 0. The van der Waals surface area contributed by atoms with Crippen molar-refractivity contribution in [2.45, 2.75) is 0 Å². The molecule has 1 aromatic heterocycles. The number of nitrogens with zero attached hydrogens (tertiary/aromatic N) is 1. The SMILES string of the molecule is O=c1nc(-c2c(F)cccc2F)ss1. The molecule has 0 radical (unpaired) electrons. The number of hydrogen-bond acceptors (Lipinski definition) is 4. The van der Waals surface area contributed by atoms with Crippen LogP contribution in [0.25, 0.3) is 10.6 Å². The summed E-state index contributed by atoms with van der Waals surface area (Å²) in [6.45, 7) is 0. The Morgan fingerprint density at radius 3 is 2.29 bits per heavy atom. The maximum absolute atomic E-state index is 13.2. The van der Waals surface area contributed by atoms with Crippen LogP contribution in [0.3, 0.4) is 0 Å². The molecule has 0 atom stereocenters. The van der Waals surface area contributed by atoms with Gasteiger partial charge in [0.25, 0.3) is 0 Å². The summed E-state index contributed by atoms with van der Waals surface area (Å²) in [5, 5.41) is 0.0931. The Morgan fingerprint density at radius 2 is 1.79 bits per heavy atom. The molecule has 72 valence electrons. The van der Waals surface area contributed by atoms with Crippen LogP contribution in [-0.2, 0) is 0 Å². The second-order valence-electron chi connectivity index (χ2n) is 2.45. The first-order valence-electron chi connectivity index (χ1n) is 3.60. The molecule has 0 N–H and O–H groups in total. The van der Waals surface area contributed by atoms with Gasteiger partial charge >= 0.3 is 4.87 Å². The Morgan fingerprint density at radius 1 is 1.14 bits per heavy atom. The van der Waals surface area contributed by atoms with Crippen LogP contribution in [0.15, 0.2) is 23.0 Å². The van der Waals surface area contributed by atoms with Crippen LogP contribution in [0.4, 0.5) is 8.78 Å². The van der Waals surface area contributed by atoms with Crippen LogP contribution in [-0.4, -0.2) is 4.98 Å². The highest BCUT2D eigenvalue weighted by molar-refractivity contribution is 7.69. The van der Waals surface area contributed by atoms with Crippen molar-refractivity contribution in [1.29, 1.82) is 0 Å². The summed E-state index contributed by atoms with van der Waals surface area (Å²) in [4.78, 5) is 13.8. The molecule has 0 fully saturated rings. The summed E-state index contributed by atoms with van der Waals surface area (Å²) in [7, 11) is 1.83. The van der Waals surface area contributed by atoms with Gasteiger partial charge in [-0.25, -0.2) is 8.78 Å². The molecule has 0 spiro atoms. The highest BCUT2D eigenvalue weighted by Gasteiger charge is 2.14. The van der Waals surface area contributed by atoms with E-state index in [2.05, 4.69) is 4.98 Å². The lowest BCUT2D eigenvalue weighted by atomic mass is 10.2. The second-order valence-corrected chi connectivity index (χ2v) is 4.52. The first-order chi connectivity index (χ1) is 6.68. The van der Waals surface area contributed by atoms with Gasteiger partial charge in [0.2, 0.25) is 0 Å². The number of hydrogen-bond donors (Lipinski definition) is 0. The molecule has 14 heavy (non-hydrogen) atoms. The first kappa shape index (κ1) is 9.42. The smallest absolute Gasteiger partial charge is 0.254 e. The van der Waals surface area contributed by atoms with E-state index in [1.807, 2.05) is 0 Å². The molecule has 1 heterocycles. The van der Waals surface area contributed by atoms with Crippen molar-refractivity contribution in [3.8, 4) is 10.6 Å². The Balaban J connectivity index is 2.67. The van der Waals surface area contributed by atoms with Crippen molar-refractivity contribution in [3.05, 3.63) is 39.5 Å². The van der Waals surface area contributed by atoms with Crippen LogP contribution in [0.1, 0.15) is 0 Å². The summed E-state index contributed by atoms with van der Waals surface area (Å²) >= 11 is 0. The van der Waals surface area contributed by atoms with Gasteiger partial charge in [-0.15, -0.1) is 0 Å². The topological polar surface area (TPSA) is 30.0 Å². The quantitative estimate of drug-likeness (QED) is 0.706. The van der Waals surface area contributed by atoms with Gasteiger partial charge in [-0.2, -0.15) is 4.98 Å². The molecule has 1 aromatic carbocycles. The minimum Gasteiger partial charge on any atom is -0.254 e. The minimum atomic E-state index is -0.702. The van der Waals surface area contributed by atoms with Crippen LogP contribution in [0.2, 0.25) is 0 Å². The first-order valence-corrected chi connectivity index (χ1v) is 5.75. The number of benzene rings is 1. The maximum Gasteiger partial charge on any atom is 0.337 e. The number of aromatic nitrogens is 1. The lowest BCUT2D eigenvalue weighted by Gasteiger charge is -1.98.